The molecule has 1 atom stereocenters. The maximum absolute atomic E-state index is 9.54. The lowest BCUT2D eigenvalue weighted by atomic mass is 10.2. The number of β-amino-alcohol motifs (C(OH)–C–C–N with tert-alkyl or cyclic N) is 1. The quantitative estimate of drug-likeness (QED) is 0.904. The third kappa shape index (κ3) is 2.48. The van der Waals surface area contributed by atoms with Gasteiger partial charge in [0.25, 0.3) is 0 Å². The van der Waals surface area contributed by atoms with Crippen LogP contribution in [-0.2, 0) is 6.54 Å². The normalized spacial score (nSPS) is 23.3. The van der Waals surface area contributed by atoms with Crippen molar-refractivity contribution < 1.29 is 14.6 Å². The molecule has 1 N–H and O–H groups in total. The maximum atomic E-state index is 9.54. The lowest BCUT2D eigenvalue weighted by Gasteiger charge is -2.22. The van der Waals surface area contributed by atoms with Crippen LogP contribution in [0.5, 0.6) is 11.5 Å². The monoisotopic (exact) mass is 313 g/mol. The molecule has 0 bridgehead atoms. The standard InChI is InChI=1S/C13H16BrNO3/c14-11-6-13-12(17-3-4-18-13)5-9(11)7-15-2-1-10(16)8-15/h5-6,10,16H,1-4,7-8H2. The molecule has 1 unspecified atom stereocenters. The Morgan fingerprint density at radius 3 is 2.67 bits per heavy atom. The lowest BCUT2D eigenvalue weighted by Crippen LogP contribution is -2.22. The molecule has 0 aromatic heterocycles. The van der Waals surface area contributed by atoms with Gasteiger partial charge >= 0.3 is 0 Å². The Balaban J connectivity index is 1.79. The summed E-state index contributed by atoms with van der Waals surface area (Å²) in [5.41, 5.74) is 1.17. The minimum atomic E-state index is -0.180. The second-order valence-electron chi connectivity index (χ2n) is 4.76. The molecule has 2 aliphatic rings. The number of hydrogen-bond acceptors (Lipinski definition) is 4. The molecule has 2 aliphatic heterocycles. The molecule has 0 aliphatic carbocycles. The summed E-state index contributed by atoms with van der Waals surface area (Å²) in [6, 6.07) is 4.00. The second-order valence-corrected chi connectivity index (χ2v) is 5.62. The van der Waals surface area contributed by atoms with E-state index >= 15 is 0 Å². The molecule has 4 nitrogen and oxygen atoms in total. The fourth-order valence-electron chi connectivity index (χ4n) is 2.42. The summed E-state index contributed by atoms with van der Waals surface area (Å²) in [7, 11) is 0. The van der Waals surface area contributed by atoms with Crippen molar-refractivity contribution in [3.8, 4) is 11.5 Å². The number of benzene rings is 1. The Kier molecular flexibility index (Phi) is 3.46. The van der Waals surface area contributed by atoms with Crippen molar-refractivity contribution in [2.45, 2.75) is 19.1 Å². The van der Waals surface area contributed by atoms with Gasteiger partial charge in [0.15, 0.2) is 11.5 Å². The molecule has 98 valence electrons. The van der Waals surface area contributed by atoms with E-state index in [1.165, 1.54) is 5.56 Å². The van der Waals surface area contributed by atoms with Crippen molar-refractivity contribution in [3.63, 3.8) is 0 Å². The first kappa shape index (κ1) is 12.3. The number of hydrogen-bond donors (Lipinski definition) is 1. The first-order valence-corrected chi connectivity index (χ1v) is 7.00. The third-order valence-corrected chi connectivity index (χ3v) is 4.09. The van der Waals surface area contributed by atoms with Gasteiger partial charge in [-0.2, -0.15) is 0 Å². The molecule has 0 radical (unpaired) electrons. The Hall–Kier alpha value is -0.780. The highest BCUT2D eigenvalue weighted by molar-refractivity contribution is 9.10. The van der Waals surface area contributed by atoms with E-state index in [1.54, 1.807) is 0 Å². The molecule has 3 rings (SSSR count). The van der Waals surface area contributed by atoms with Crippen LogP contribution in [0.2, 0.25) is 0 Å². The van der Waals surface area contributed by atoms with Crippen molar-refractivity contribution in [1.29, 1.82) is 0 Å². The summed E-state index contributed by atoms with van der Waals surface area (Å²) in [6.07, 6.45) is 0.684. The Morgan fingerprint density at radius 1 is 1.28 bits per heavy atom. The van der Waals surface area contributed by atoms with Gasteiger partial charge < -0.3 is 14.6 Å². The Morgan fingerprint density at radius 2 is 2.00 bits per heavy atom. The highest BCUT2D eigenvalue weighted by atomic mass is 79.9. The van der Waals surface area contributed by atoms with E-state index in [9.17, 15) is 5.11 Å². The van der Waals surface area contributed by atoms with E-state index in [4.69, 9.17) is 9.47 Å². The topological polar surface area (TPSA) is 41.9 Å². The fraction of sp³-hybridized carbons (Fsp3) is 0.538. The third-order valence-electron chi connectivity index (χ3n) is 3.35. The minimum absolute atomic E-state index is 0.180. The summed E-state index contributed by atoms with van der Waals surface area (Å²) in [5.74, 6) is 1.62. The molecule has 2 heterocycles. The van der Waals surface area contributed by atoms with E-state index < -0.39 is 0 Å². The van der Waals surface area contributed by atoms with Crippen LogP contribution in [0.15, 0.2) is 16.6 Å². The van der Waals surface area contributed by atoms with E-state index in [0.717, 1.165) is 42.0 Å². The van der Waals surface area contributed by atoms with Crippen LogP contribution in [-0.4, -0.2) is 42.4 Å². The van der Waals surface area contributed by atoms with Gasteiger partial charge in [-0.25, -0.2) is 0 Å². The van der Waals surface area contributed by atoms with Crippen molar-refractivity contribution in [3.05, 3.63) is 22.2 Å². The molecular weight excluding hydrogens is 298 g/mol. The molecule has 18 heavy (non-hydrogen) atoms. The summed E-state index contributed by atoms with van der Waals surface area (Å²) in [6.45, 7) is 3.74. The number of likely N-dealkylation sites (tertiary alicyclic amines) is 1. The SMILES string of the molecule is OC1CCN(Cc2cc3c(cc2Br)OCCO3)C1. The molecule has 1 saturated heterocycles. The minimum Gasteiger partial charge on any atom is -0.486 e. The first-order valence-electron chi connectivity index (χ1n) is 6.21. The van der Waals surface area contributed by atoms with E-state index in [-0.39, 0.29) is 6.10 Å². The Bertz CT molecular complexity index is 452. The van der Waals surface area contributed by atoms with Gasteiger partial charge in [0.1, 0.15) is 13.2 Å². The number of nitrogens with zero attached hydrogens (tertiary/aromatic N) is 1. The number of fused-ring (bicyclic) bond motifs is 1. The van der Waals surface area contributed by atoms with Crippen molar-refractivity contribution in [1.82, 2.24) is 4.90 Å². The molecule has 1 fully saturated rings. The fourth-order valence-corrected chi connectivity index (χ4v) is 2.87. The van der Waals surface area contributed by atoms with Gasteiger partial charge in [-0.3, -0.25) is 4.90 Å². The van der Waals surface area contributed by atoms with Crippen LogP contribution in [0.25, 0.3) is 0 Å². The predicted molar refractivity (Wildman–Crippen MR) is 71.0 cm³/mol. The van der Waals surface area contributed by atoms with Gasteiger partial charge in [0.2, 0.25) is 0 Å². The summed E-state index contributed by atoms with van der Waals surface area (Å²) in [4.78, 5) is 2.25. The average molecular weight is 314 g/mol. The molecule has 1 aromatic rings. The number of halogens is 1. The first-order chi connectivity index (χ1) is 8.72. The predicted octanol–water partition coefficient (Wildman–Crippen LogP) is 1.79. The molecule has 0 amide bonds. The van der Waals surface area contributed by atoms with Crippen molar-refractivity contribution in [2.24, 2.45) is 0 Å². The van der Waals surface area contributed by atoms with E-state index in [1.807, 2.05) is 12.1 Å². The molecular formula is C13H16BrNO3. The van der Waals surface area contributed by atoms with Crippen molar-refractivity contribution in [2.75, 3.05) is 26.3 Å². The number of aliphatic hydroxyl groups excluding tert-OH is 1. The zero-order valence-corrected chi connectivity index (χ0v) is 11.6. The average Bonchev–Trinajstić information content (AvgIpc) is 2.76. The van der Waals surface area contributed by atoms with E-state index in [2.05, 4.69) is 20.8 Å². The van der Waals surface area contributed by atoms with Gasteiger partial charge in [-0.15, -0.1) is 0 Å². The van der Waals surface area contributed by atoms with Gasteiger partial charge in [0.05, 0.1) is 6.10 Å². The number of aliphatic hydroxyl groups is 1. The summed E-state index contributed by atoms with van der Waals surface area (Å²) < 4.78 is 12.2. The molecule has 0 spiro atoms. The zero-order valence-electron chi connectivity index (χ0n) is 10.1. The van der Waals surface area contributed by atoms with Crippen LogP contribution < -0.4 is 9.47 Å². The van der Waals surface area contributed by atoms with Crippen LogP contribution in [0.4, 0.5) is 0 Å². The second kappa shape index (κ2) is 5.07. The summed E-state index contributed by atoms with van der Waals surface area (Å²) in [5, 5.41) is 9.54. The van der Waals surface area contributed by atoms with Crippen LogP contribution in [0.1, 0.15) is 12.0 Å². The molecule has 5 heteroatoms. The van der Waals surface area contributed by atoms with Gasteiger partial charge in [-0.05, 0) is 24.1 Å². The van der Waals surface area contributed by atoms with Gasteiger partial charge in [0, 0.05) is 24.1 Å². The smallest absolute Gasteiger partial charge is 0.162 e. The van der Waals surface area contributed by atoms with E-state index in [0.29, 0.717) is 13.2 Å². The van der Waals surface area contributed by atoms with Crippen molar-refractivity contribution >= 4 is 15.9 Å². The number of rotatable bonds is 2. The molecule has 0 saturated carbocycles. The Labute approximate surface area is 115 Å². The van der Waals surface area contributed by atoms with Crippen LogP contribution >= 0.6 is 15.9 Å². The zero-order chi connectivity index (χ0) is 12.5. The molecule has 1 aromatic carbocycles. The number of ether oxygens (including phenoxy) is 2. The summed E-state index contributed by atoms with van der Waals surface area (Å²) >= 11 is 3.57. The van der Waals surface area contributed by atoms with Gasteiger partial charge in [-0.1, -0.05) is 15.9 Å². The highest BCUT2D eigenvalue weighted by Crippen LogP contribution is 2.36. The maximum Gasteiger partial charge on any atom is 0.162 e. The largest absolute Gasteiger partial charge is 0.486 e. The van der Waals surface area contributed by atoms with Crippen LogP contribution in [0.3, 0.4) is 0 Å². The highest BCUT2D eigenvalue weighted by Gasteiger charge is 2.22. The lowest BCUT2D eigenvalue weighted by molar-refractivity contribution is 0.169. The van der Waals surface area contributed by atoms with Crippen LogP contribution in [0, 0.1) is 0 Å².